The quantitative estimate of drug-likeness (QED) is 0.361. The van der Waals surface area contributed by atoms with Crippen molar-refractivity contribution >= 4 is 24.2 Å². The number of hydrogen-bond donors (Lipinski definition) is 2. The standard InChI is InChI=1S/C21H30N4O5/c26-14-24(29)12-16(6-5-15-3-1-2-4-15)19(28)25-13-21(7-8-21)11-17(25)18(27)23-20-22-9-10-30-20/h9-10,14-17,29H,1-8,11-13H2,(H,22,23,27)/t16-,17+/m1/s1. The molecule has 3 aliphatic rings. The number of likely N-dealkylation sites (tertiary alicyclic amines) is 1. The molecule has 0 aromatic carbocycles. The number of rotatable bonds is 9. The molecular weight excluding hydrogens is 388 g/mol. The van der Waals surface area contributed by atoms with Crippen LogP contribution < -0.4 is 5.32 Å². The van der Waals surface area contributed by atoms with Gasteiger partial charge in [0.1, 0.15) is 12.3 Å². The molecule has 2 N–H and O–H groups in total. The molecule has 4 rings (SSSR count). The average Bonchev–Trinajstić information content (AvgIpc) is 3.17. The van der Waals surface area contributed by atoms with Crippen molar-refractivity contribution < 1.29 is 24.0 Å². The van der Waals surface area contributed by atoms with Crippen LogP contribution in [-0.4, -0.2) is 57.5 Å². The summed E-state index contributed by atoms with van der Waals surface area (Å²) in [5.41, 5.74) is 0.0216. The zero-order chi connectivity index (χ0) is 21.1. The van der Waals surface area contributed by atoms with Crippen LogP contribution in [0.2, 0.25) is 0 Å². The van der Waals surface area contributed by atoms with Crippen molar-refractivity contribution in [3.05, 3.63) is 12.5 Å². The summed E-state index contributed by atoms with van der Waals surface area (Å²) >= 11 is 0. The van der Waals surface area contributed by atoms with Crippen LogP contribution in [0.3, 0.4) is 0 Å². The lowest BCUT2D eigenvalue weighted by molar-refractivity contribution is -0.158. The van der Waals surface area contributed by atoms with Crippen LogP contribution in [0.1, 0.15) is 57.8 Å². The topological polar surface area (TPSA) is 116 Å². The van der Waals surface area contributed by atoms with E-state index >= 15 is 0 Å². The molecule has 0 radical (unpaired) electrons. The van der Waals surface area contributed by atoms with Crippen molar-refractivity contribution in [2.45, 2.75) is 63.8 Å². The van der Waals surface area contributed by atoms with Gasteiger partial charge in [0.2, 0.25) is 12.3 Å². The number of oxazole rings is 1. The maximum Gasteiger partial charge on any atom is 0.301 e. The zero-order valence-electron chi connectivity index (χ0n) is 17.2. The van der Waals surface area contributed by atoms with E-state index in [2.05, 4.69) is 10.3 Å². The van der Waals surface area contributed by atoms with Crippen LogP contribution in [0.25, 0.3) is 0 Å². The minimum absolute atomic E-state index is 0.0216. The number of hydroxylamine groups is 2. The van der Waals surface area contributed by atoms with Crippen LogP contribution in [-0.2, 0) is 14.4 Å². The highest BCUT2D eigenvalue weighted by Gasteiger charge is 2.55. The summed E-state index contributed by atoms with van der Waals surface area (Å²) in [6.45, 7) is 0.495. The molecule has 0 bridgehead atoms. The van der Waals surface area contributed by atoms with E-state index in [1.165, 1.54) is 38.1 Å². The van der Waals surface area contributed by atoms with E-state index in [-0.39, 0.29) is 29.8 Å². The predicted octanol–water partition coefficient (Wildman–Crippen LogP) is 2.43. The van der Waals surface area contributed by atoms with Crippen molar-refractivity contribution in [2.24, 2.45) is 17.3 Å². The Morgan fingerprint density at radius 2 is 2.17 bits per heavy atom. The van der Waals surface area contributed by atoms with Gasteiger partial charge in [0, 0.05) is 6.54 Å². The minimum Gasteiger partial charge on any atom is -0.432 e. The Balaban J connectivity index is 1.46. The number of amides is 3. The molecule has 1 spiro atoms. The van der Waals surface area contributed by atoms with Crippen molar-refractivity contribution in [1.29, 1.82) is 0 Å². The summed E-state index contributed by atoms with van der Waals surface area (Å²) in [7, 11) is 0. The predicted molar refractivity (Wildman–Crippen MR) is 106 cm³/mol. The molecule has 30 heavy (non-hydrogen) atoms. The van der Waals surface area contributed by atoms with Gasteiger partial charge in [-0.1, -0.05) is 25.7 Å². The summed E-state index contributed by atoms with van der Waals surface area (Å²) < 4.78 is 5.11. The number of nitrogens with zero attached hydrogens (tertiary/aromatic N) is 3. The third-order valence-corrected chi connectivity index (χ3v) is 6.99. The number of carbonyl (C=O) groups excluding carboxylic acids is 3. The normalized spacial score (nSPS) is 23.5. The van der Waals surface area contributed by atoms with Crippen LogP contribution in [0.15, 0.2) is 16.9 Å². The molecule has 1 aliphatic heterocycles. The Bertz CT molecular complexity index is 757. The smallest absolute Gasteiger partial charge is 0.301 e. The second kappa shape index (κ2) is 8.75. The zero-order valence-corrected chi connectivity index (χ0v) is 17.2. The van der Waals surface area contributed by atoms with Crippen molar-refractivity contribution in [3.8, 4) is 0 Å². The highest BCUT2D eigenvalue weighted by molar-refractivity contribution is 5.96. The van der Waals surface area contributed by atoms with Gasteiger partial charge in [-0.25, -0.2) is 10.0 Å². The molecule has 1 saturated heterocycles. The van der Waals surface area contributed by atoms with Crippen LogP contribution in [0.5, 0.6) is 0 Å². The van der Waals surface area contributed by atoms with Gasteiger partial charge >= 0.3 is 6.01 Å². The Hall–Kier alpha value is -2.42. The fraction of sp³-hybridized carbons (Fsp3) is 0.714. The van der Waals surface area contributed by atoms with E-state index in [1.54, 1.807) is 4.90 Å². The SMILES string of the molecule is O=CN(O)C[C@@H](CCC1CCCC1)C(=O)N1CC2(CC2)C[C@H]1C(=O)Nc1ncco1. The first kappa shape index (κ1) is 20.8. The monoisotopic (exact) mass is 418 g/mol. The maximum absolute atomic E-state index is 13.5. The molecule has 2 aliphatic carbocycles. The summed E-state index contributed by atoms with van der Waals surface area (Å²) in [6.07, 6.45) is 12.1. The van der Waals surface area contributed by atoms with E-state index in [4.69, 9.17) is 4.42 Å². The first-order chi connectivity index (χ1) is 14.5. The highest BCUT2D eigenvalue weighted by Crippen LogP contribution is 2.55. The van der Waals surface area contributed by atoms with E-state index in [1.807, 2.05) is 0 Å². The fourth-order valence-corrected chi connectivity index (χ4v) is 5.07. The molecule has 3 amide bonds. The third-order valence-electron chi connectivity index (χ3n) is 6.99. The van der Waals surface area contributed by atoms with Crippen molar-refractivity contribution in [3.63, 3.8) is 0 Å². The summed E-state index contributed by atoms with van der Waals surface area (Å²) in [6, 6.07) is -0.478. The lowest BCUT2D eigenvalue weighted by Gasteiger charge is -2.29. The molecule has 164 valence electrons. The lowest BCUT2D eigenvalue weighted by atomic mass is 9.93. The van der Waals surface area contributed by atoms with E-state index in [0.717, 1.165) is 19.3 Å². The summed E-state index contributed by atoms with van der Waals surface area (Å²) in [4.78, 5) is 42.9. The Morgan fingerprint density at radius 1 is 1.40 bits per heavy atom. The molecule has 2 atom stereocenters. The van der Waals surface area contributed by atoms with E-state index in [0.29, 0.717) is 36.8 Å². The van der Waals surface area contributed by atoms with E-state index in [9.17, 15) is 19.6 Å². The minimum atomic E-state index is -0.593. The second-order valence-electron chi connectivity index (χ2n) is 9.16. The van der Waals surface area contributed by atoms with Crippen LogP contribution >= 0.6 is 0 Å². The average molecular weight is 418 g/mol. The highest BCUT2D eigenvalue weighted by atomic mass is 16.5. The Kier molecular flexibility index (Phi) is 6.08. The number of aromatic nitrogens is 1. The number of carbonyl (C=O) groups is 3. The summed E-state index contributed by atoms with van der Waals surface area (Å²) in [5.74, 6) is -0.390. The molecule has 9 nitrogen and oxygen atoms in total. The van der Waals surface area contributed by atoms with Gasteiger partial charge in [-0.05, 0) is 43.4 Å². The van der Waals surface area contributed by atoms with Gasteiger partial charge in [-0.3, -0.25) is 24.9 Å². The van der Waals surface area contributed by atoms with Gasteiger partial charge in [0.25, 0.3) is 5.91 Å². The molecule has 1 aromatic rings. The molecule has 2 saturated carbocycles. The maximum atomic E-state index is 13.5. The van der Waals surface area contributed by atoms with Gasteiger partial charge in [0.05, 0.1) is 18.7 Å². The number of hydrogen-bond acceptors (Lipinski definition) is 6. The fourth-order valence-electron chi connectivity index (χ4n) is 5.07. The van der Waals surface area contributed by atoms with E-state index < -0.39 is 12.0 Å². The van der Waals surface area contributed by atoms with Crippen molar-refractivity contribution in [2.75, 3.05) is 18.4 Å². The summed E-state index contributed by atoms with van der Waals surface area (Å²) in [5, 5.41) is 13.0. The lowest BCUT2D eigenvalue weighted by Crippen LogP contribution is -2.47. The number of anilines is 1. The molecular formula is C21H30N4O5. The van der Waals surface area contributed by atoms with Gasteiger partial charge in [-0.2, -0.15) is 0 Å². The van der Waals surface area contributed by atoms with Gasteiger partial charge < -0.3 is 9.32 Å². The van der Waals surface area contributed by atoms with Gasteiger partial charge in [-0.15, -0.1) is 0 Å². The third kappa shape index (κ3) is 4.66. The Labute approximate surface area is 175 Å². The molecule has 3 fully saturated rings. The first-order valence-electron chi connectivity index (χ1n) is 10.9. The largest absolute Gasteiger partial charge is 0.432 e. The second-order valence-corrected chi connectivity index (χ2v) is 9.16. The van der Waals surface area contributed by atoms with Crippen molar-refractivity contribution in [1.82, 2.24) is 14.9 Å². The molecule has 1 aromatic heterocycles. The van der Waals surface area contributed by atoms with Crippen LogP contribution in [0.4, 0.5) is 6.01 Å². The number of nitrogens with one attached hydrogen (secondary N) is 1. The first-order valence-corrected chi connectivity index (χ1v) is 10.9. The Morgan fingerprint density at radius 3 is 2.80 bits per heavy atom. The molecule has 9 heteroatoms. The van der Waals surface area contributed by atoms with Crippen LogP contribution in [0, 0.1) is 17.3 Å². The molecule has 0 unspecified atom stereocenters. The molecule has 2 heterocycles. The van der Waals surface area contributed by atoms with Gasteiger partial charge in [0.15, 0.2) is 0 Å².